The van der Waals surface area contributed by atoms with Gasteiger partial charge in [0, 0.05) is 5.69 Å². The average Bonchev–Trinajstić information content (AvgIpc) is 2.45. The van der Waals surface area contributed by atoms with Crippen LogP contribution in [-0.4, -0.2) is 12.0 Å². The van der Waals surface area contributed by atoms with Gasteiger partial charge in [-0.05, 0) is 57.4 Å². The van der Waals surface area contributed by atoms with Gasteiger partial charge in [-0.1, -0.05) is 35.9 Å². The molecule has 0 radical (unpaired) electrons. The lowest BCUT2D eigenvalue weighted by molar-refractivity contribution is -0.122. The molecule has 2 rings (SSSR count). The molecule has 1 N–H and O–H groups in total. The zero-order valence-corrected chi connectivity index (χ0v) is 13.9. The number of nitrogens with one attached hydrogen (secondary N) is 1. The molecule has 22 heavy (non-hydrogen) atoms. The van der Waals surface area contributed by atoms with Crippen LogP contribution in [0.3, 0.4) is 0 Å². The van der Waals surface area contributed by atoms with E-state index in [9.17, 15) is 4.79 Å². The number of carbonyl (C=O) groups is 1. The van der Waals surface area contributed by atoms with E-state index in [0.717, 1.165) is 28.1 Å². The predicted molar refractivity (Wildman–Crippen MR) is 90.6 cm³/mol. The van der Waals surface area contributed by atoms with Crippen molar-refractivity contribution in [3.05, 3.63) is 58.7 Å². The lowest BCUT2D eigenvalue weighted by atomic mass is 10.0. The van der Waals surface area contributed by atoms with Gasteiger partial charge in [-0.3, -0.25) is 4.79 Å². The second-order valence-corrected chi connectivity index (χ2v) is 5.79. The first kappa shape index (κ1) is 16.1. The van der Waals surface area contributed by atoms with Gasteiger partial charge in [0.2, 0.25) is 0 Å². The number of amides is 1. The van der Waals surface area contributed by atoms with Crippen molar-refractivity contribution in [3.63, 3.8) is 0 Å². The van der Waals surface area contributed by atoms with E-state index in [1.807, 2.05) is 45.0 Å². The molecule has 0 unspecified atom stereocenters. The molecule has 0 spiro atoms. The lowest BCUT2D eigenvalue weighted by Crippen LogP contribution is -2.30. The number of rotatable bonds is 4. The number of ether oxygens (including phenoxy) is 1. The third-order valence-corrected chi connectivity index (χ3v) is 3.69. The van der Waals surface area contributed by atoms with Crippen LogP contribution in [0.4, 0.5) is 5.69 Å². The summed E-state index contributed by atoms with van der Waals surface area (Å²) in [6.45, 7) is 9.79. The number of benzene rings is 2. The van der Waals surface area contributed by atoms with Gasteiger partial charge in [0.25, 0.3) is 5.91 Å². The van der Waals surface area contributed by atoms with Crippen LogP contribution in [0.5, 0.6) is 5.75 Å². The molecule has 0 saturated heterocycles. The Kier molecular flexibility index (Phi) is 4.86. The van der Waals surface area contributed by atoms with Gasteiger partial charge in [-0.25, -0.2) is 0 Å². The summed E-state index contributed by atoms with van der Waals surface area (Å²) in [5.41, 5.74) is 5.21. The maximum absolute atomic E-state index is 12.4. The van der Waals surface area contributed by atoms with Crippen LogP contribution in [0.15, 0.2) is 36.4 Å². The van der Waals surface area contributed by atoms with E-state index in [2.05, 4.69) is 24.4 Å². The van der Waals surface area contributed by atoms with Crippen LogP contribution >= 0.6 is 0 Å². The Hall–Kier alpha value is -2.29. The fourth-order valence-electron chi connectivity index (χ4n) is 2.53. The summed E-state index contributed by atoms with van der Waals surface area (Å²) in [4.78, 5) is 12.4. The van der Waals surface area contributed by atoms with Gasteiger partial charge in [-0.2, -0.15) is 0 Å². The highest BCUT2D eigenvalue weighted by atomic mass is 16.5. The molecule has 1 amide bonds. The smallest absolute Gasteiger partial charge is 0.265 e. The first-order valence-corrected chi connectivity index (χ1v) is 7.49. The summed E-state index contributed by atoms with van der Waals surface area (Å²) in [6.07, 6.45) is -0.554. The van der Waals surface area contributed by atoms with Gasteiger partial charge >= 0.3 is 0 Å². The molecule has 0 aliphatic heterocycles. The number of para-hydroxylation sites is 1. The van der Waals surface area contributed by atoms with E-state index in [1.54, 1.807) is 6.92 Å². The Bertz CT molecular complexity index is 669. The molecule has 1 atom stereocenters. The summed E-state index contributed by atoms with van der Waals surface area (Å²) in [7, 11) is 0. The Balaban J connectivity index is 2.11. The van der Waals surface area contributed by atoms with Crippen LogP contribution in [0.25, 0.3) is 0 Å². The van der Waals surface area contributed by atoms with E-state index in [-0.39, 0.29) is 5.91 Å². The quantitative estimate of drug-likeness (QED) is 0.912. The molecule has 0 saturated carbocycles. The fourth-order valence-corrected chi connectivity index (χ4v) is 2.53. The molecule has 3 heteroatoms. The van der Waals surface area contributed by atoms with Crippen molar-refractivity contribution in [1.82, 2.24) is 0 Å². The molecular formula is C19H23NO2. The molecule has 116 valence electrons. The van der Waals surface area contributed by atoms with Crippen LogP contribution in [0.2, 0.25) is 0 Å². The highest BCUT2D eigenvalue weighted by Gasteiger charge is 2.17. The molecule has 0 aromatic heterocycles. The third-order valence-electron chi connectivity index (χ3n) is 3.69. The summed E-state index contributed by atoms with van der Waals surface area (Å²) < 4.78 is 5.77. The molecule has 2 aromatic carbocycles. The van der Waals surface area contributed by atoms with Crippen molar-refractivity contribution in [1.29, 1.82) is 0 Å². The Morgan fingerprint density at radius 1 is 1.00 bits per heavy atom. The highest BCUT2D eigenvalue weighted by molar-refractivity contribution is 5.95. The summed E-state index contributed by atoms with van der Waals surface area (Å²) in [5, 5.41) is 2.98. The van der Waals surface area contributed by atoms with Crippen molar-refractivity contribution in [2.24, 2.45) is 0 Å². The molecule has 3 nitrogen and oxygen atoms in total. The Morgan fingerprint density at radius 3 is 2.18 bits per heavy atom. The standard InChI is InChI=1S/C19H23NO2/c1-12-10-14(3)18(15(4)11-12)20-19(21)16(5)22-17-9-7-6-8-13(17)2/h6-11,16H,1-5H3,(H,20,21)/t16-/m1/s1. The topological polar surface area (TPSA) is 38.3 Å². The van der Waals surface area contributed by atoms with Gasteiger partial charge in [0.05, 0.1) is 0 Å². The summed E-state index contributed by atoms with van der Waals surface area (Å²) in [6, 6.07) is 11.8. The molecule has 0 aliphatic rings. The third kappa shape index (κ3) is 3.67. The van der Waals surface area contributed by atoms with Gasteiger partial charge in [0.1, 0.15) is 5.75 Å². The van der Waals surface area contributed by atoms with E-state index in [0.29, 0.717) is 0 Å². The van der Waals surface area contributed by atoms with Crippen molar-refractivity contribution in [2.75, 3.05) is 5.32 Å². The molecular weight excluding hydrogens is 274 g/mol. The van der Waals surface area contributed by atoms with Crippen molar-refractivity contribution in [3.8, 4) is 5.75 Å². The SMILES string of the molecule is Cc1cc(C)c(NC(=O)[C@@H](C)Oc2ccccc2C)c(C)c1. The highest BCUT2D eigenvalue weighted by Crippen LogP contribution is 2.23. The van der Waals surface area contributed by atoms with Crippen LogP contribution in [-0.2, 0) is 4.79 Å². The van der Waals surface area contributed by atoms with E-state index in [4.69, 9.17) is 4.74 Å². The normalized spacial score (nSPS) is 11.9. The Labute approximate surface area is 132 Å². The molecule has 0 fully saturated rings. The number of anilines is 1. The summed E-state index contributed by atoms with van der Waals surface area (Å²) >= 11 is 0. The van der Waals surface area contributed by atoms with Gasteiger partial charge in [0.15, 0.2) is 6.10 Å². The van der Waals surface area contributed by atoms with Crippen LogP contribution in [0.1, 0.15) is 29.2 Å². The van der Waals surface area contributed by atoms with Crippen molar-refractivity contribution in [2.45, 2.75) is 40.7 Å². The zero-order chi connectivity index (χ0) is 16.3. The molecule has 0 heterocycles. The van der Waals surface area contributed by atoms with Crippen LogP contribution < -0.4 is 10.1 Å². The Morgan fingerprint density at radius 2 is 1.59 bits per heavy atom. The van der Waals surface area contributed by atoms with Gasteiger partial charge < -0.3 is 10.1 Å². The minimum atomic E-state index is -0.554. The minimum absolute atomic E-state index is 0.140. The fraction of sp³-hybridized carbons (Fsp3) is 0.316. The largest absolute Gasteiger partial charge is 0.481 e. The summed E-state index contributed by atoms with van der Waals surface area (Å²) in [5.74, 6) is 0.598. The minimum Gasteiger partial charge on any atom is -0.481 e. The predicted octanol–water partition coefficient (Wildman–Crippen LogP) is 4.33. The second-order valence-electron chi connectivity index (χ2n) is 5.79. The van der Waals surface area contributed by atoms with E-state index in [1.165, 1.54) is 5.56 Å². The van der Waals surface area contributed by atoms with Crippen molar-refractivity contribution >= 4 is 11.6 Å². The van der Waals surface area contributed by atoms with Crippen LogP contribution in [0, 0.1) is 27.7 Å². The monoisotopic (exact) mass is 297 g/mol. The zero-order valence-electron chi connectivity index (χ0n) is 13.9. The van der Waals surface area contributed by atoms with Gasteiger partial charge in [-0.15, -0.1) is 0 Å². The first-order chi connectivity index (χ1) is 10.4. The van der Waals surface area contributed by atoms with E-state index < -0.39 is 6.10 Å². The number of carbonyl (C=O) groups excluding carboxylic acids is 1. The maximum Gasteiger partial charge on any atom is 0.265 e. The molecule has 0 bridgehead atoms. The maximum atomic E-state index is 12.4. The molecule has 0 aliphatic carbocycles. The number of aryl methyl sites for hydroxylation is 4. The number of hydrogen-bond acceptors (Lipinski definition) is 2. The second kappa shape index (κ2) is 6.65. The molecule has 2 aromatic rings. The first-order valence-electron chi connectivity index (χ1n) is 7.49. The number of hydrogen-bond donors (Lipinski definition) is 1. The lowest BCUT2D eigenvalue weighted by Gasteiger charge is -2.18. The van der Waals surface area contributed by atoms with Crippen molar-refractivity contribution < 1.29 is 9.53 Å². The average molecular weight is 297 g/mol. The van der Waals surface area contributed by atoms with E-state index >= 15 is 0 Å².